The van der Waals surface area contributed by atoms with Gasteiger partial charge in [-0.1, -0.05) is 31.3 Å². The third-order valence-corrected chi connectivity index (χ3v) is 2.28. The number of aryl methyl sites for hydroxylation is 1. The molecule has 0 saturated carbocycles. The van der Waals surface area contributed by atoms with Crippen LogP contribution in [-0.4, -0.2) is 10.3 Å². The van der Waals surface area contributed by atoms with Crippen molar-refractivity contribution in [3.05, 3.63) is 17.5 Å². The molecule has 0 unspecified atom stereocenters. The van der Waals surface area contributed by atoms with Crippen molar-refractivity contribution in [1.29, 1.82) is 0 Å². The molecule has 3 nitrogen and oxygen atoms in total. The summed E-state index contributed by atoms with van der Waals surface area (Å²) in [6.45, 7) is 3.89. The Morgan fingerprint density at radius 2 is 2.21 bits per heavy atom. The van der Waals surface area contributed by atoms with Gasteiger partial charge in [0.25, 0.3) is 0 Å². The molecular formula is C11H19NO2. The maximum absolute atomic E-state index is 9.22. The fraction of sp³-hybridized carbons (Fsp3) is 0.727. The van der Waals surface area contributed by atoms with E-state index in [1.54, 1.807) is 6.92 Å². The van der Waals surface area contributed by atoms with E-state index >= 15 is 0 Å². The Balaban J connectivity index is 2.29. The van der Waals surface area contributed by atoms with Gasteiger partial charge in [0.15, 0.2) is 0 Å². The highest BCUT2D eigenvalue weighted by atomic mass is 16.5. The van der Waals surface area contributed by atoms with E-state index in [0.717, 1.165) is 18.6 Å². The van der Waals surface area contributed by atoms with E-state index < -0.39 is 6.10 Å². The molecule has 80 valence electrons. The van der Waals surface area contributed by atoms with Crippen LogP contribution in [-0.2, 0) is 6.42 Å². The standard InChI is InChI=1S/C11H19NO2/c1-3-4-5-6-7-10-8-11(9(2)13)12-14-10/h8-9,13H,3-7H2,1-2H3/t9-/m0/s1. The van der Waals surface area contributed by atoms with Gasteiger partial charge in [-0.15, -0.1) is 0 Å². The average molecular weight is 197 g/mol. The topological polar surface area (TPSA) is 46.3 Å². The molecule has 1 rings (SSSR count). The van der Waals surface area contributed by atoms with Gasteiger partial charge < -0.3 is 9.63 Å². The fourth-order valence-corrected chi connectivity index (χ4v) is 1.37. The minimum Gasteiger partial charge on any atom is -0.387 e. The van der Waals surface area contributed by atoms with E-state index in [0.29, 0.717) is 5.69 Å². The largest absolute Gasteiger partial charge is 0.387 e. The first-order chi connectivity index (χ1) is 6.74. The Hall–Kier alpha value is -0.830. The molecule has 14 heavy (non-hydrogen) atoms. The SMILES string of the molecule is CCCCCCc1cc([C@H](C)O)no1. The van der Waals surface area contributed by atoms with Gasteiger partial charge in [0, 0.05) is 12.5 Å². The minimum atomic E-state index is -0.525. The van der Waals surface area contributed by atoms with Crippen LogP contribution in [0.2, 0.25) is 0 Å². The van der Waals surface area contributed by atoms with Crippen molar-refractivity contribution in [1.82, 2.24) is 5.16 Å². The van der Waals surface area contributed by atoms with Crippen molar-refractivity contribution in [2.75, 3.05) is 0 Å². The molecule has 0 spiro atoms. The number of aliphatic hydroxyl groups is 1. The molecule has 3 heteroatoms. The molecule has 0 aromatic carbocycles. The lowest BCUT2D eigenvalue weighted by Gasteiger charge is -1.95. The van der Waals surface area contributed by atoms with Crippen LogP contribution in [0.15, 0.2) is 10.6 Å². The molecule has 1 aromatic rings. The van der Waals surface area contributed by atoms with Crippen molar-refractivity contribution >= 4 is 0 Å². The van der Waals surface area contributed by atoms with Crippen molar-refractivity contribution in [2.24, 2.45) is 0 Å². The molecule has 0 aliphatic carbocycles. The molecule has 0 aliphatic rings. The van der Waals surface area contributed by atoms with Crippen LogP contribution in [0.4, 0.5) is 0 Å². The third kappa shape index (κ3) is 3.50. The van der Waals surface area contributed by atoms with Gasteiger partial charge in [0.2, 0.25) is 0 Å². The van der Waals surface area contributed by atoms with E-state index in [4.69, 9.17) is 4.52 Å². The van der Waals surface area contributed by atoms with E-state index in [-0.39, 0.29) is 0 Å². The summed E-state index contributed by atoms with van der Waals surface area (Å²) in [4.78, 5) is 0. The first-order valence-corrected chi connectivity index (χ1v) is 5.37. The molecule has 1 heterocycles. The first-order valence-electron chi connectivity index (χ1n) is 5.37. The van der Waals surface area contributed by atoms with Gasteiger partial charge in [-0.25, -0.2) is 0 Å². The second kappa shape index (κ2) is 5.81. The summed E-state index contributed by atoms with van der Waals surface area (Å²) >= 11 is 0. The van der Waals surface area contributed by atoms with Crippen LogP contribution in [0, 0.1) is 0 Å². The third-order valence-electron chi connectivity index (χ3n) is 2.28. The summed E-state index contributed by atoms with van der Waals surface area (Å²) < 4.78 is 5.10. The van der Waals surface area contributed by atoms with Crippen molar-refractivity contribution < 1.29 is 9.63 Å². The van der Waals surface area contributed by atoms with Crippen LogP contribution in [0.1, 0.15) is 57.1 Å². The molecule has 1 aromatic heterocycles. The van der Waals surface area contributed by atoms with Crippen LogP contribution in [0.5, 0.6) is 0 Å². The smallest absolute Gasteiger partial charge is 0.137 e. The molecule has 1 N–H and O–H groups in total. The summed E-state index contributed by atoms with van der Waals surface area (Å²) in [5, 5.41) is 13.0. The van der Waals surface area contributed by atoms with E-state index in [2.05, 4.69) is 12.1 Å². The first kappa shape index (κ1) is 11.2. The zero-order valence-corrected chi connectivity index (χ0v) is 8.99. The highest BCUT2D eigenvalue weighted by Gasteiger charge is 2.07. The minimum absolute atomic E-state index is 0.525. The number of hydrogen-bond donors (Lipinski definition) is 1. The maximum atomic E-state index is 9.22. The molecule has 0 radical (unpaired) electrons. The number of hydrogen-bond acceptors (Lipinski definition) is 3. The van der Waals surface area contributed by atoms with Crippen molar-refractivity contribution in [3.8, 4) is 0 Å². The van der Waals surface area contributed by atoms with Gasteiger partial charge in [-0.3, -0.25) is 0 Å². The van der Waals surface area contributed by atoms with Gasteiger partial charge in [0.05, 0.1) is 6.10 Å². The summed E-state index contributed by atoms with van der Waals surface area (Å²) in [5.41, 5.74) is 0.635. The lowest BCUT2D eigenvalue weighted by molar-refractivity contribution is 0.187. The molecular weight excluding hydrogens is 178 g/mol. The maximum Gasteiger partial charge on any atom is 0.137 e. The number of nitrogens with zero attached hydrogens (tertiary/aromatic N) is 1. The summed E-state index contributed by atoms with van der Waals surface area (Å²) in [6, 6.07) is 1.84. The second-order valence-electron chi connectivity index (χ2n) is 3.70. The molecule has 0 saturated heterocycles. The van der Waals surface area contributed by atoms with Gasteiger partial charge in [-0.05, 0) is 13.3 Å². The molecule has 1 atom stereocenters. The fourth-order valence-electron chi connectivity index (χ4n) is 1.37. The summed E-state index contributed by atoms with van der Waals surface area (Å²) in [5.74, 6) is 0.886. The Labute approximate surface area is 85.1 Å². The summed E-state index contributed by atoms with van der Waals surface area (Å²) in [7, 11) is 0. The highest BCUT2D eigenvalue weighted by molar-refractivity contribution is 5.07. The van der Waals surface area contributed by atoms with E-state index in [9.17, 15) is 5.11 Å². The van der Waals surface area contributed by atoms with Crippen LogP contribution in [0.3, 0.4) is 0 Å². The Bertz CT molecular complexity index is 256. The quantitative estimate of drug-likeness (QED) is 0.713. The van der Waals surface area contributed by atoms with Gasteiger partial charge >= 0.3 is 0 Å². The summed E-state index contributed by atoms with van der Waals surface area (Å²) in [6.07, 6.45) is 5.30. The number of aromatic nitrogens is 1. The lowest BCUT2D eigenvalue weighted by atomic mass is 10.1. The van der Waals surface area contributed by atoms with Gasteiger partial charge in [0.1, 0.15) is 11.5 Å². The highest BCUT2D eigenvalue weighted by Crippen LogP contribution is 2.14. The Morgan fingerprint density at radius 1 is 1.43 bits per heavy atom. The monoisotopic (exact) mass is 197 g/mol. The van der Waals surface area contributed by atoms with Crippen LogP contribution < -0.4 is 0 Å². The molecule has 0 bridgehead atoms. The van der Waals surface area contributed by atoms with Gasteiger partial charge in [-0.2, -0.15) is 0 Å². The number of rotatable bonds is 6. The Kier molecular flexibility index (Phi) is 4.66. The van der Waals surface area contributed by atoms with Crippen molar-refractivity contribution in [3.63, 3.8) is 0 Å². The zero-order chi connectivity index (χ0) is 10.4. The van der Waals surface area contributed by atoms with E-state index in [1.165, 1.54) is 19.3 Å². The molecule has 0 aliphatic heterocycles. The second-order valence-corrected chi connectivity index (χ2v) is 3.70. The lowest BCUT2D eigenvalue weighted by Crippen LogP contribution is -1.89. The molecule has 0 amide bonds. The normalized spacial score (nSPS) is 13.1. The number of unbranched alkanes of at least 4 members (excludes halogenated alkanes) is 3. The van der Waals surface area contributed by atoms with Crippen molar-refractivity contribution in [2.45, 2.75) is 52.1 Å². The molecule has 0 fully saturated rings. The predicted octanol–water partition coefficient (Wildman–Crippen LogP) is 2.85. The number of aliphatic hydroxyl groups excluding tert-OH is 1. The zero-order valence-electron chi connectivity index (χ0n) is 8.99. The van der Waals surface area contributed by atoms with E-state index in [1.807, 2.05) is 6.07 Å². The average Bonchev–Trinajstić information content (AvgIpc) is 2.61. The van der Waals surface area contributed by atoms with Crippen LogP contribution >= 0.6 is 0 Å². The predicted molar refractivity (Wildman–Crippen MR) is 55.0 cm³/mol. The van der Waals surface area contributed by atoms with Crippen LogP contribution in [0.25, 0.3) is 0 Å². The Morgan fingerprint density at radius 3 is 2.79 bits per heavy atom.